The average molecular weight is 319 g/mol. The van der Waals surface area contributed by atoms with Crippen LogP contribution in [0.2, 0.25) is 0 Å². The van der Waals surface area contributed by atoms with E-state index < -0.39 is 0 Å². The Morgan fingerprint density at radius 1 is 0.958 bits per heavy atom. The highest BCUT2D eigenvalue weighted by molar-refractivity contribution is 5.85. The van der Waals surface area contributed by atoms with Gasteiger partial charge in [0.2, 0.25) is 0 Å². The van der Waals surface area contributed by atoms with Crippen molar-refractivity contribution in [1.82, 2.24) is 5.32 Å². The number of benzene rings is 3. The van der Waals surface area contributed by atoms with Crippen LogP contribution in [0.1, 0.15) is 29.2 Å². The van der Waals surface area contributed by atoms with Gasteiger partial charge in [-0.05, 0) is 65.4 Å². The number of nitrogens with one attached hydrogen (secondary N) is 1. The molecule has 0 aliphatic carbocycles. The number of aromatic hydroxyl groups is 2. The average Bonchev–Trinajstić information content (AvgIpc) is 2.61. The second kappa shape index (κ2) is 6.17. The molecule has 0 fully saturated rings. The molecule has 0 radical (unpaired) electrons. The van der Waals surface area contributed by atoms with E-state index in [9.17, 15) is 10.2 Å². The largest absolute Gasteiger partial charge is 0.504 e. The fourth-order valence-corrected chi connectivity index (χ4v) is 3.74. The number of aryl methyl sites for hydroxylation is 1. The molecular weight excluding hydrogens is 298 g/mol. The second-order valence-corrected chi connectivity index (χ2v) is 6.47. The third-order valence-electron chi connectivity index (χ3n) is 4.98. The summed E-state index contributed by atoms with van der Waals surface area (Å²) in [6, 6.07) is 18.6. The van der Waals surface area contributed by atoms with Crippen LogP contribution in [0.5, 0.6) is 11.5 Å². The lowest BCUT2D eigenvalue weighted by Crippen LogP contribution is -2.30. The maximum Gasteiger partial charge on any atom is 0.157 e. The fourth-order valence-electron chi connectivity index (χ4n) is 3.74. The lowest BCUT2D eigenvalue weighted by atomic mass is 9.89. The maximum absolute atomic E-state index is 9.84. The Kier molecular flexibility index (Phi) is 3.87. The molecule has 3 aromatic carbocycles. The van der Waals surface area contributed by atoms with Gasteiger partial charge in [0.25, 0.3) is 0 Å². The molecule has 3 heteroatoms. The highest BCUT2D eigenvalue weighted by Crippen LogP contribution is 2.35. The van der Waals surface area contributed by atoms with E-state index in [2.05, 4.69) is 47.8 Å². The van der Waals surface area contributed by atoms with E-state index >= 15 is 0 Å². The Labute approximate surface area is 141 Å². The monoisotopic (exact) mass is 319 g/mol. The van der Waals surface area contributed by atoms with Gasteiger partial charge in [-0.3, -0.25) is 0 Å². The molecule has 0 saturated heterocycles. The van der Waals surface area contributed by atoms with E-state index in [1.165, 1.54) is 16.3 Å². The van der Waals surface area contributed by atoms with Gasteiger partial charge < -0.3 is 15.5 Å². The van der Waals surface area contributed by atoms with Gasteiger partial charge in [0.1, 0.15) is 0 Å². The summed E-state index contributed by atoms with van der Waals surface area (Å²) in [5, 5.41) is 25.7. The van der Waals surface area contributed by atoms with E-state index in [1.807, 2.05) is 0 Å². The number of fused-ring (bicyclic) bond motifs is 2. The van der Waals surface area contributed by atoms with Gasteiger partial charge in [-0.2, -0.15) is 0 Å². The quantitative estimate of drug-likeness (QED) is 0.638. The number of rotatable bonds is 3. The molecule has 4 rings (SSSR count). The van der Waals surface area contributed by atoms with Gasteiger partial charge in [-0.25, -0.2) is 0 Å². The predicted molar refractivity (Wildman–Crippen MR) is 96.5 cm³/mol. The standard InChI is InChI=1S/C21H21NO2/c23-20-12-16-10-11-22-19(18(16)13-21(20)24)9-8-15-6-3-5-14-4-1-2-7-17(14)15/h1-7,12-13,19,22-24H,8-11H2. The molecule has 0 bridgehead atoms. The molecule has 1 unspecified atom stereocenters. The van der Waals surface area contributed by atoms with Crippen LogP contribution in [0, 0.1) is 0 Å². The topological polar surface area (TPSA) is 52.5 Å². The summed E-state index contributed by atoms with van der Waals surface area (Å²) in [6.07, 6.45) is 2.82. The van der Waals surface area contributed by atoms with Crippen LogP contribution in [0.25, 0.3) is 10.8 Å². The minimum Gasteiger partial charge on any atom is -0.504 e. The number of hydrogen-bond acceptors (Lipinski definition) is 3. The van der Waals surface area contributed by atoms with Crippen molar-refractivity contribution in [3.05, 3.63) is 71.3 Å². The molecule has 0 aromatic heterocycles. The van der Waals surface area contributed by atoms with Crippen molar-refractivity contribution in [2.24, 2.45) is 0 Å². The van der Waals surface area contributed by atoms with Gasteiger partial charge in [-0.15, -0.1) is 0 Å². The van der Waals surface area contributed by atoms with E-state index in [4.69, 9.17) is 0 Å². The number of phenolic OH excluding ortho intramolecular Hbond substituents is 2. The van der Waals surface area contributed by atoms with Gasteiger partial charge in [0.05, 0.1) is 0 Å². The van der Waals surface area contributed by atoms with Crippen LogP contribution in [-0.2, 0) is 12.8 Å². The van der Waals surface area contributed by atoms with Crippen molar-refractivity contribution in [1.29, 1.82) is 0 Å². The molecule has 3 nitrogen and oxygen atoms in total. The first-order valence-electron chi connectivity index (χ1n) is 8.47. The van der Waals surface area contributed by atoms with E-state index in [0.29, 0.717) is 0 Å². The normalized spacial score (nSPS) is 16.9. The first kappa shape index (κ1) is 15.0. The van der Waals surface area contributed by atoms with Gasteiger partial charge in [0.15, 0.2) is 11.5 Å². The van der Waals surface area contributed by atoms with E-state index in [0.717, 1.165) is 36.9 Å². The summed E-state index contributed by atoms with van der Waals surface area (Å²) in [6.45, 7) is 0.900. The summed E-state index contributed by atoms with van der Waals surface area (Å²) in [7, 11) is 0. The fraction of sp³-hybridized carbons (Fsp3) is 0.238. The minimum atomic E-state index is -0.0346. The molecule has 1 aliphatic rings. The number of phenols is 2. The smallest absolute Gasteiger partial charge is 0.157 e. The Morgan fingerprint density at radius 2 is 1.75 bits per heavy atom. The zero-order chi connectivity index (χ0) is 16.5. The van der Waals surface area contributed by atoms with Crippen molar-refractivity contribution in [3.63, 3.8) is 0 Å². The maximum atomic E-state index is 9.84. The molecular formula is C21H21NO2. The first-order chi connectivity index (χ1) is 11.7. The van der Waals surface area contributed by atoms with Crippen molar-refractivity contribution in [2.75, 3.05) is 6.54 Å². The number of hydrogen-bond donors (Lipinski definition) is 3. The van der Waals surface area contributed by atoms with Crippen molar-refractivity contribution in [3.8, 4) is 11.5 Å². The molecule has 1 aliphatic heterocycles. The summed E-state index contributed by atoms with van der Waals surface area (Å²) < 4.78 is 0. The van der Waals surface area contributed by atoms with Crippen LogP contribution in [0.4, 0.5) is 0 Å². The van der Waals surface area contributed by atoms with Crippen LogP contribution in [0.15, 0.2) is 54.6 Å². The zero-order valence-corrected chi connectivity index (χ0v) is 13.5. The highest BCUT2D eigenvalue weighted by Gasteiger charge is 2.21. The SMILES string of the molecule is Oc1cc2c(cc1O)C(CCc1cccc3ccccc13)NCC2. The molecule has 0 saturated carbocycles. The lowest BCUT2D eigenvalue weighted by molar-refractivity contribution is 0.397. The van der Waals surface area contributed by atoms with Crippen molar-refractivity contribution in [2.45, 2.75) is 25.3 Å². The second-order valence-electron chi connectivity index (χ2n) is 6.47. The van der Waals surface area contributed by atoms with Crippen LogP contribution in [0.3, 0.4) is 0 Å². The van der Waals surface area contributed by atoms with Crippen molar-refractivity contribution < 1.29 is 10.2 Å². The van der Waals surface area contributed by atoms with Crippen molar-refractivity contribution >= 4 is 10.8 Å². The third kappa shape index (κ3) is 2.72. The highest BCUT2D eigenvalue weighted by atomic mass is 16.3. The summed E-state index contributed by atoms with van der Waals surface area (Å²) >= 11 is 0. The van der Waals surface area contributed by atoms with Crippen LogP contribution < -0.4 is 5.32 Å². The van der Waals surface area contributed by atoms with Crippen LogP contribution >= 0.6 is 0 Å². The first-order valence-corrected chi connectivity index (χ1v) is 8.47. The summed E-state index contributed by atoms with van der Waals surface area (Å²) in [5.41, 5.74) is 3.59. The molecule has 24 heavy (non-hydrogen) atoms. The van der Waals surface area contributed by atoms with Gasteiger partial charge in [0, 0.05) is 6.04 Å². The molecule has 3 aromatic rings. The van der Waals surface area contributed by atoms with Gasteiger partial charge in [-0.1, -0.05) is 42.5 Å². The molecule has 1 atom stereocenters. The lowest BCUT2D eigenvalue weighted by Gasteiger charge is -2.27. The zero-order valence-electron chi connectivity index (χ0n) is 13.5. The summed E-state index contributed by atoms with van der Waals surface area (Å²) in [5.74, 6) is -0.0592. The molecule has 1 heterocycles. The minimum absolute atomic E-state index is 0.0246. The Morgan fingerprint density at radius 3 is 2.67 bits per heavy atom. The third-order valence-corrected chi connectivity index (χ3v) is 4.98. The summed E-state index contributed by atoms with van der Waals surface area (Å²) in [4.78, 5) is 0. The van der Waals surface area contributed by atoms with Gasteiger partial charge >= 0.3 is 0 Å². The predicted octanol–water partition coefficient (Wildman–Crippen LogP) is 4.07. The van der Waals surface area contributed by atoms with E-state index in [1.54, 1.807) is 12.1 Å². The Bertz CT molecular complexity index is 883. The Hall–Kier alpha value is -2.52. The molecule has 0 spiro atoms. The van der Waals surface area contributed by atoms with Crippen LogP contribution in [-0.4, -0.2) is 16.8 Å². The molecule has 0 amide bonds. The molecule has 3 N–H and O–H groups in total. The molecule has 122 valence electrons. The van der Waals surface area contributed by atoms with E-state index in [-0.39, 0.29) is 17.5 Å². The Balaban J connectivity index is 1.60.